The molecule has 0 bridgehead atoms. The Bertz CT molecular complexity index is 1590. The molecule has 0 aromatic heterocycles. The number of phenols is 1. The fourth-order valence-corrected chi connectivity index (χ4v) is 5.24. The highest BCUT2D eigenvalue weighted by Gasteiger charge is 2.27. The first-order valence-electron chi connectivity index (χ1n) is 11.7. The number of rotatable bonds is 9. The minimum absolute atomic E-state index is 0.00214. The van der Waals surface area contributed by atoms with Gasteiger partial charge in [-0.2, -0.15) is 9.41 Å². The monoisotopic (exact) mass is 530 g/mol. The second kappa shape index (κ2) is 11.7. The zero-order valence-electron chi connectivity index (χ0n) is 20.5. The molecule has 0 aliphatic heterocycles. The van der Waals surface area contributed by atoms with Crippen molar-refractivity contribution in [2.45, 2.75) is 18.4 Å². The van der Waals surface area contributed by atoms with E-state index in [2.05, 4.69) is 15.8 Å². The fraction of sp³-hybridized carbons (Fsp3) is 0.107. The Hall–Kier alpha value is -4.54. The van der Waals surface area contributed by atoms with E-state index in [9.17, 15) is 23.1 Å². The van der Waals surface area contributed by atoms with Crippen molar-refractivity contribution in [1.82, 2.24) is 9.73 Å². The SMILES string of the molecule is CC(=O)Nc1ccc(S(=O)(=O)N(CC(=O)N/N=C/c2c(O)ccc3ccccc23)Cc2ccccc2)cc1. The van der Waals surface area contributed by atoms with Crippen molar-refractivity contribution >= 4 is 44.5 Å². The number of aromatic hydroxyl groups is 1. The number of benzene rings is 4. The number of anilines is 1. The van der Waals surface area contributed by atoms with Gasteiger partial charge in [-0.25, -0.2) is 13.8 Å². The van der Waals surface area contributed by atoms with Crippen LogP contribution < -0.4 is 10.7 Å². The van der Waals surface area contributed by atoms with Gasteiger partial charge in [-0.05, 0) is 46.7 Å². The first-order valence-corrected chi connectivity index (χ1v) is 13.1. The third-order valence-electron chi connectivity index (χ3n) is 5.66. The van der Waals surface area contributed by atoms with Gasteiger partial charge in [-0.1, -0.05) is 60.7 Å². The lowest BCUT2D eigenvalue weighted by molar-refractivity contribution is -0.121. The maximum atomic E-state index is 13.5. The summed E-state index contributed by atoms with van der Waals surface area (Å²) in [4.78, 5) is 24.0. The van der Waals surface area contributed by atoms with Crippen LogP contribution in [-0.4, -0.2) is 42.4 Å². The highest BCUT2D eigenvalue weighted by molar-refractivity contribution is 7.89. The zero-order valence-corrected chi connectivity index (χ0v) is 21.4. The minimum atomic E-state index is -4.08. The molecule has 4 aromatic carbocycles. The molecule has 0 heterocycles. The number of amides is 2. The summed E-state index contributed by atoms with van der Waals surface area (Å²) in [6.07, 6.45) is 1.33. The van der Waals surface area contributed by atoms with Gasteiger partial charge in [0.1, 0.15) is 5.75 Å². The Balaban J connectivity index is 1.54. The fourth-order valence-electron chi connectivity index (χ4n) is 3.86. The van der Waals surface area contributed by atoms with Gasteiger partial charge < -0.3 is 10.4 Å². The Kier molecular flexibility index (Phi) is 8.15. The van der Waals surface area contributed by atoms with Crippen LogP contribution in [0.25, 0.3) is 10.8 Å². The lowest BCUT2D eigenvalue weighted by atomic mass is 10.0. The number of carbonyl (C=O) groups is 2. The average Bonchev–Trinajstić information content (AvgIpc) is 2.90. The van der Waals surface area contributed by atoms with Crippen LogP contribution in [0.1, 0.15) is 18.1 Å². The molecule has 0 saturated heterocycles. The number of hydrazone groups is 1. The molecule has 2 amide bonds. The standard InChI is InChI=1S/C28H26N4O5S/c1-20(33)30-23-12-14-24(15-13-23)38(36,37)32(18-21-7-3-2-4-8-21)19-28(35)31-29-17-26-25-10-6-5-9-22(25)11-16-27(26)34/h2-17,34H,18-19H2,1H3,(H,30,33)(H,31,35)/b29-17+. The van der Waals surface area contributed by atoms with Gasteiger partial charge >= 0.3 is 0 Å². The lowest BCUT2D eigenvalue weighted by Crippen LogP contribution is -2.39. The van der Waals surface area contributed by atoms with Crippen molar-refractivity contribution in [3.05, 3.63) is 102 Å². The van der Waals surface area contributed by atoms with Crippen LogP contribution in [0.15, 0.2) is 101 Å². The van der Waals surface area contributed by atoms with E-state index < -0.39 is 22.5 Å². The highest BCUT2D eigenvalue weighted by atomic mass is 32.2. The van der Waals surface area contributed by atoms with E-state index in [1.54, 1.807) is 30.3 Å². The van der Waals surface area contributed by atoms with Crippen LogP contribution in [0.4, 0.5) is 5.69 Å². The maximum absolute atomic E-state index is 13.5. The first kappa shape index (κ1) is 26.5. The summed E-state index contributed by atoms with van der Waals surface area (Å²) in [5, 5.41) is 18.5. The maximum Gasteiger partial charge on any atom is 0.255 e. The van der Waals surface area contributed by atoms with E-state index in [0.29, 0.717) is 16.8 Å². The molecule has 4 rings (SSSR count). The third kappa shape index (κ3) is 6.41. The number of carbonyl (C=O) groups excluding carboxylic acids is 2. The molecule has 0 spiro atoms. The molecule has 0 atom stereocenters. The number of hydrogen-bond donors (Lipinski definition) is 3. The summed E-state index contributed by atoms with van der Waals surface area (Å²) < 4.78 is 28.0. The number of fused-ring (bicyclic) bond motifs is 1. The molecular weight excluding hydrogens is 504 g/mol. The predicted octanol–water partition coefficient (Wildman–Crippen LogP) is 3.85. The minimum Gasteiger partial charge on any atom is -0.507 e. The molecule has 194 valence electrons. The molecule has 0 fully saturated rings. The highest BCUT2D eigenvalue weighted by Crippen LogP contribution is 2.25. The second-order valence-corrected chi connectivity index (χ2v) is 10.4. The molecule has 4 aromatic rings. The summed E-state index contributed by atoms with van der Waals surface area (Å²) in [5.74, 6) is -0.937. The molecule has 0 aliphatic carbocycles. The quantitative estimate of drug-likeness (QED) is 0.224. The summed E-state index contributed by atoms with van der Waals surface area (Å²) in [5.41, 5.74) is 3.94. The van der Waals surface area contributed by atoms with Gasteiger partial charge in [0.05, 0.1) is 17.7 Å². The lowest BCUT2D eigenvalue weighted by Gasteiger charge is -2.21. The van der Waals surface area contributed by atoms with Crippen molar-refractivity contribution in [3.8, 4) is 5.75 Å². The molecule has 9 nitrogen and oxygen atoms in total. The molecule has 10 heteroatoms. The topological polar surface area (TPSA) is 128 Å². The predicted molar refractivity (Wildman–Crippen MR) is 146 cm³/mol. The van der Waals surface area contributed by atoms with Crippen LogP contribution in [0.3, 0.4) is 0 Å². The molecule has 3 N–H and O–H groups in total. The van der Waals surface area contributed by atoms with Crippen LogP contribution in [0.5, 0.6) is 5.75 Å². The Morgan fingerprint density at radius 2 is 1.61 bits per heavy atom. The first-order chi connectivity index (χ1) is 18.2. The van der Waals surface area contributed by atoms with Crippen LogP contribution in [0.2, 0.25) is 0 Å². The van der Waals surface area contributed by atoms with Crippen molar-refractivity contribution in [2.24, 2.45) is 5.10 Å². The number of hydrogen-bond acceptors (Lipinski definition) is 6. The zero-order chi connectivity index (χ0) is 27.1. The van der Waals surface area contributed by atoms with Gasteiger partial charge in [0.2, 0.25) is 15.9 Å². The molecule has 0 saturated carbocycles. The Morgan fingerprint density at radius 3 is 2.32 bits per heavy atom. The smallest absolute Gasteiger partial charge is 0.255 e. The van der Waals surface area contributed by atoms with Gasteiger partial charge in [0.25, 0.3) is 5.91 Å². The van der Waals surface area contributed by atoms with Crippen LogP contribution >= 0.6 is 0 Å². The number of sulfonamides is 1. The second-order valence-electron chi connectivity index (χ2n) is 8.48. The van der Waals surface area contributed by atoms with E-state index in [1.807, 2.05) is 30.3 Å². The van der Waals surface area contributed by atoms with Crippen molar-refractivity contribution in [3.63, 3.8) is 0 Å². The molecule has 0 unspecified atom stereocenters. The number of phenolic OH excluding ortho intramolecular Hbond substituents is 1. The molecule has 0 radical (unpaired) electrons. The Labute approximate surface area is 220 Å². The van der Waals surface area contributed by atoms with E-state index in [1.165, 1.54) is 43.5 Å². The molecule has 38 heavy (non-hydrogen) atoms. The average molecular weight is 531 g/mol. The van der Waals surface area contributed by atoms with Crippen molar-refractivity contribution < 1.29 is 23.1 Å². The van der Waals surface area contributed by atoms with Crippen LogP contribution in [0, 0.1) is 0 Å². The van der Waals surface area contributed by atoms with E-state index in [0.717, 1.165) is 15.1 Å². The summed E-state index contributed by atoms with van der Waals surface area (Å²) in [6, 6.07) is 25.3. The van der Waals surface area contributed by atoms with Crippen molar-refractivity contribution in [1.29, 1.82) is 0 Å². The molecular formula is C28H26N4O5S. The van der Waals surface area contributed by atoms with Crippen LogP contribution in [-0.2, 0) is 26.2 Å². The van der Waals surface area contributed by atoms with E-state index in [-0.39, 0.29) is 23.1 Å². The van der Waals surface area contributed by atoms with Gasteiger partial charge in [-0.15, -0.1) is 0 Å². The van der Waals surface area contributed by atoms with Gasteiger partial charge in [0, 0.05) is 24.7 Å². The molecule has 0 aliphatic rings. The van der Waals surface area contributed by atoms with E-state index in [4.69, 9.17) is 0 Å². The number of nitrogens with one attached hydrogen (secondary N) is 2. The van der Waals surface area contributed by atoms with Gasteiger partial charge in [0.15, 0.2) is 0 Å². The number of nitrogens with zero attached hydrogens (tertiary/aromatic N) is 2. The largest absolute Gasteiger partial charge is 0.507 e. The van der Waals surface area contributed by atoms with Crippen molar-refractivity contribution in [2.75, 3.05) is 11.9 Å². The van der Waals surface area contributed by atoms with Gasteiger partial charge in [-0.3, -0.25) is 9.59 Å². The normalized spacial score (nSPS) is 11.6. The summed E-state index contributed by atoms with van der Waals surface area (Å²) in [6.45, 7) is 0.816. The third-order valence-corrected chi connectivity index (χ3v) is 7.47. The Morgan fingerprint density at radius 1 is 0.921 bits per heavy atom. The summed E-state index contributed by atoms with van der Waals surface area (Å²) in [7, 11) is -4.08. The van der Waals surface area contributed by atoms with E-state index >= 15 is 0 Å². The summed E-state index contributed by atoms with van der Waals surface area (Å²) >= 11 is 0.